The molecule has 2 heterocycles. The molecule has 1 aromatic heterocycles. The number of alkyl halides is 1. The average Bonchev–Trinajstić information content (AvgIpc) is 3.45. The number of ether oxygens (including phenoxy) is 1. The fourth-order valence-corrected chi connectivity index (χ4v) is 3.96. The van der Waals surface area contributed by atoms with E-state index < -0.39 is 23.6 Å². The molecule has 0 amide bonds. The molecule has 1 saturated carbocycles. The smallest absolute Gasteiger partial charge is 0.341 e. The van der Waals surface area contributed by atoms with E-state index in [1.807, 2.05) is 6.07 Å². The van der Waals surface area contributed by atoms with Gasteiger partial charge in [-0.15, -0.1) is 0 Å². The van der Waals surface area contributed by atoms with Gasteiger partial charge >= 0.3 is 5.97 Å². The molecule has 0 radical (unpaired) electrons. The summed E-state index contributed by atoms with van der Waals surface area (Å²) in [6, 6.07) is 3.00. The molecule has 0 bridgehead atoms. The summed E-state index contributed by atoms with van der Waals surface area (Å²) >= 11 is 0. The first kappa shape index (κ1) is 21.1. The van der Waals surface area contributed by atoms with Crippen LogP contribution in [0.1, 0.15) is 42.6 Å². The second-order valence-electron chi connectivity index (χ2n) is 7.59. The number of piperidine rings is 1. The van der Waals surface area contributed by atoms with E-state index in [4.69, 9.17) is 4.74 Å². The van der Waals surface area contributed by atoms with E-state index in [0.29, 0.717) is 23.6 Å². The number of aromatic nitrogens is 1. The van der Waals surface area contributed by atoms with Crippen LogP contribution in [0.5, 0.6) is 5.75 Å². The molecule has 158 valence electrons. The summed E-state index contributed by atoms with van der Waals surface area (Å²) < 4.78 is 21.1. The third-order valence-electron chi connectivity index (χ3n) is 5.72. The Morgan fingerprint density at radius 1 is 1.28 bits per heavy atom. The van der Waals surface area contributed by atoms with Crippen molar-refractivity contribution in [2.75, 3.05) is 32.1 Å². The van der Waals surface area contributed by atoms with Gasteiger partial charge in [-0.05, 0) is 37.9 Å². The molecule has 2 unspecified atom stereocenters. The summed E-state index contributed by atoms with van der Waals surface area (Å²) in [5, 5.41) is 9.63. The Kier molecular flexibility index (Phi) is 6.12. The molecule has 8 heteroatoms. The first-order valence-corrected chi connectivity index (χ1v) is 9.88. The number of fused-ring (bicyclic) bond motifs is 1. The van der Waals surface area contributed by atoms with Crippen molar-refractivity contribution in [1.29, 1.82) is 0 Å². The van der Waals surface area contributed by atoms with Gasteiger partial charge in [-0.3, -0.25) is 4.79 Å². The second kappa shape index (κ2) is 8.41. The Morgan fingerprint density at radius 3 is 2.41 bits per heavy atom. The molecule has 4 rings (SSSR count). The van der Waals surface area contributed by atoms with Crippen LogP contribution in [0.3, 0.4) is 0 Å². The molecule has 1 aromatic carbocycles. The van der Waals surface area contributed by atoms with Crippen molar-refractivity contribution in [2.24, 2.45) is 11.7 Å². The highest BCUT2D eigenvalue weighted by molar-refractivity contribution is 5.97. The van der Waals surface area contributed by atoms with Gasteiger partial charge in [0.2, 0.25) is 5.43 Å². The average molecular weight is 405 g/mol. The molecule has 3 N–H and O–H groups in total. The molecule has 1 aliphatic carbocycles. The van der Waals surface area contributed by atoms with E-state index in [0.717, 1.165) is 31.6 Å². The van der Waals surface area contributed by atoms with Crippen molar-refractivity contribution in [2.45, 2.75) is 38.4 Å². The van der Waals surface area contributed by atoms with Crippen molar-refractivity contribution in [3.63, 3.8) is 0 Å². The van der Waals surface area contributed by atoms with Gasteiger partial charge in [-0.2, -0.15) is 0 Å². The molecule has 2 aromatic rings. The standard InChI is InChI=1S/C20H23FN2O4.CH5N/c1-11-5-7-22(8-6-11)15-4-3-12-17(19(15)27-2)23(16-9-14(16)21)10-13(18(12)24)20(25)26;1-2/h3-4,10-11,14,16H,5-9H2,1-2H3,(H,25,26);2H2,1H3. The molecular formula is C21H28FN3O4. The molecule has 29 heavy (non-hydrogen) atoms. The Balaban J connectivity index is 0.00000117. The molecule has 0 spiro atoms. The zero-order valence-corrected chi connectivity index (χ0v) is 17.0. The summed E-state index contributed by atoms with van der Waals surface area (Å²) in [5.41, 5.74) is 4.93. The summed E-state index contributed by atoms with van der Waals surface area (Å²) in [4.78, 5) is 26.4. The zero-order chi connectivity index (χ0) is 21.3. The highest BCUT2D eigenvalue weighted by Gasteiger charge is 2.41. The second-order valence-corrected chi connectivity index (χ2v) is 7.59. The summed E-state index contributed by atoms with van der Waals surface area (Å²) in [6.07, 6.45) is 2.68. The first-order valence-electron chi connectivity index (χ1n) is 9.88. The van der Waals surface area contributed by atoms with Gasteiger partial charge in [0.1, 0.15) is 11.7 Å². The Bertz CT molecular complexity index is 967. The van der Waals surface area contributed by atoms with Crippen LogP contribution in [-0.4, -0.2) is 49.1 Å². The number of hydrogen-bond donors (Lipinski definition) is 2. The van der Waals surface area contributed by atoms with Gasteiger partial charge < -0.3 is 25.0 Å². The van der Waals surface area contributed by atoms with E-state index in [-0.39, 0.29) is 10.9 Å². The summed E-state index contributed by atoms with van der Waals surface area (Å²) in [7, 11) is 3.03. The van der Waals surface area contributed by atoms with Gasteiger partial charge in [-0.25, -0.2) is 9.18 Å². The SMILES string of the molecule is CN.COc1c(N2CCC(C)CC2)ccc2c(=O)c(C(=O)O)cn(C3CC3F)c12. The fraction of sp³-hybridized carbons (Fsp3) is 0.524. The third-order valence-corrected chi connectivity index (χ3v) is 5.72. The minimum atomic E-state index is -1.31. The number of carbonyl (C=O) groups is 1. The molecule has 1 aliphatic heterocycles. The van der Waals surface area contributed by atoms with Crippen LogP contribution >= 0.6 is 0 Å². The van der Waals surface area contributed by atoms with E-state index in [2.05, 4.69) is 17.6 Å². The van der Waals surface area contributed by atoms with Crippen molar-refractivity contribution >= 4 is 22.6 Å². The number of halogens is 1. The Labute approximate surface area is 168 Å². The third kappa shape index (κ3) is 3.81. The maximum Gasteiger partial charge on any atom is 0.341 e. The Hall–Kier alpha value is -2.61. The fourth-order valence-electron chi connectivity index (χ4n) is 3.96. The normalized spacial score (nSPS) is 21.5. The van der Waals surface area contributed by atoms with Crippen LogP contribution in [0.2, 0.25) is 0 Å². The predicted octanol–water partition coefficient (Wildman–Crippen LogP) is 2.80. The van der Waals surface area contributed by atoms with Crippen LogP contribution in [0, 0.1) is 5.92 Å². The van der Waals surface area contributed by atoms with Crippen LogP contribution in [-0.2, 0) is 0 Å². The molecule has 2 atom stereocenters. The first-order chi connectivity index (χ1) is 13.9. The molecule has 2 fully saturated rings. The minimum absolute atomic E-state index is 0.250. The maximum absolute atomic E-state index is 13.9. The predicted molar refractivity (Wildman–Crippen MR) is 111 cm³/mol. The van der Waals surface area contributed by atoms with Gasteiger partial charge in [0, 0.05) is 25.7 Å². The minimum Gasteiger partial charge on any atom is -0.492 e. The number of nitrogens with zero attached hydrogens (tertiary/aromatic N) is 2. The lowest BCUT2D eigenvalue weighted by Gasteiger charge is -2.33. The molecular weight excluding hydrogens is 377 g/mol. The van der Waals surface area contributed by atoms with Gasteiger partial charge in [0.25, 0.3) is 0 Å². The van der Waals surface area contributed by atoms with Gasteiger partial charge in [0.05, 0.1) is 29.7 Å². The number of hydrogen-bond acceptors (Lipinski definition) is 5. The topological polar surface area (TPSA) is 97.8 Å². The molecule has 7 nitrogen and oxygen atoms in total. The quantitative estimate of drug-likeness (QED) is 0.812. The van der Waals surface area contributed by atoms with Crippen LogP contribution < -0.4 is 20.8 Å². The summed E-state index contributed by atoms with van der Waals surface area (Å²) in [6.45, 7) is 4.00. The van der Waals surface area contributed by atoms with E-state index in [9.17, 15) is 19.1 Å². The lowest BCUT2D eigenvalue weighted by molar-refractivity contribution is 0.0694. The lowest BCUT2D eigenvalue weighted by Crippen LogP contribution is -2.33. The van der Waals surface area contributed by atoms with Crippen LogP contribution in [0.15, 0.2) is 23.1 Å². The van der Waals surface area contributed by atoms with E-state index >= 15 is 0 Å². The summed E-state index contributed by atoms with van der Waals surface area (Å²) in [5.74, 6) is -0.127. The Morgan fingerprint density at radius 2 is 1.90 bits per heavy atom. The molecule has 2 aliphatic rings. The number of carboxylic acid groups (broad SMARTS) is 1. The number of benzene rings is 1. The van der Waals surface area contributed by atoms with Crippen LogP contribution in [0.4, 0.5) is 10.1 Å². The van der Waals surface area contributed by atoms with Crippen molar-refractivity contribution in [1.82, 2.24) is 4.57 Å². The number of anilines is 1. The number of aromatic carboxylic acids is 1. The van der Waals surface area contributed by atoms with E-state index in [1.54, 1.807) is 10.6 Å². The highest BCUT2D eigenvalue weighted by Crippen LogP contribution is 2.44. The number of carboxylic acids is 1. The number of pyridine rings is 1. The van der Waals surface area contributed by atoms with Crippen molar-refractivity contribution < 1.29 is 19.0 Å². The van der Waals surface area contributed by atoms with Gasteiger partial charge in [0.15, 0.2) is 5.75 Å². The highest BCUT2D eigenvalue weighted by atomic mass is 19.1. The number of nitrogens with two attached hydrogens (primary N) is 1. The largest absolute Gasteiger partial charge is 0.492 e. The lowest BCUT2D eigenvalue weighted by atomic mass is 9.98. The monoisotopic (exact) mass is 405 g/mol. The van der Waals surface area contributed by atoms with E-state index in [1.165, 1.54) is 20.4 Å². The zero-order valence-electron chi connectivity index (χ0n) is 17.0. The molecule has 1 saturated heterocycles. The van der Waals surface area contributed by atoms with Crippen molar-refractivity contribution in [3.8, 4) is 5.75 Å². The number of methoxy groups -OCH3 is 1. The van der Waals surface area contributed by atoms with Gasteiger partial charge in [-0.1, -0.05) is 6.92 Å². The van der Waals surface area contributed by atoms with Crippen molar-refractivity contribution in [3.05, 3.63) is 34.1 Å². The van der Waals surface area contributed by atoms with Crippen LogP contribution in [0.25, 0.3) is 10.9 Å². The maximum atomic E-state index is 13.9. The number of rotatable bonds is 4.